The fraction of sp³-hybridized carbons (Fsp3) is 0.176. The summed E-state index contributed by atoms with van der Waals surface area (Å²) in [5, 5.41) is 12.5. The Morgan fingerprint density at radius 1 is 1.14 bits per heavy atom. The molecule has 0 aliphatic rings. The molecule has 0 fully saturated rings. The van der Waals surface area contributed by atoms with Gasteiger partial charge in [0.15, 0.2) is 0 Å². The van der Waals surface area contributed by atoms with Crippen LogP contribution in [0.3, 0.4) is 0 Å². The van der Waals surface area contributed by atoms with Gasteiger partial charge in [-0.05, 0) is 54.8 Å². The fourth-order valence-electron chi connectivity index (χ4n) is 2.08. The number of carbonyl (C=O) groups excluding carboxylic acids is 1. The average Bonchev–Trinajstić information content (AvgIpc) is 2.49. The van der Waals surface area contributed by atoms with E-state index in [0.29, 0.717) is 29.1 Å². The smallest absolute Gasteiger partial charge is 0.335 e. The van der Waals surface area contributed by atoms with Crippen molar-refractivity contribution in [3.05, 3.63) is 69.7 Å². The van der Waals surface area contributed by atoms with E-state index in [1.54, 1.807) is 43.3 Å². The van der Waals surface area contributed by atoms with Gasteiger partial charge in [0, 0.05) is 17.1 Å². The van der Waals surface area contributed by atoms with Gasteiger partial charge in [-0.15, -0.1) is 0 Å². The van der Waals surface area contributed by atoms with E-state index >= 15 is 0 Å². The van der Waals surface area contributed by atoms with Crippen LogP contribution in [-0.4, -0.2) is 23.5 Å². The number of benzene rings is 2. The Morgan fingerprint density at radius 3 is 2.45 bits per heavy atom. The minimum absolute atomic E-state index is 0.178. The van der Waals surface area contributed by atoms with Crippen molar-refractivity contribution in [2.24, 2.45) is 0 Å². The molecule has 22 heavy (non-hydrogen) atoms. The minimum Gasteiger partial charge on any atom is -0.478 e. The Kier molecular flexibility index (Phi) is 5.17. The summed E-state index contributed by atoms with van der Waals surface area (Å²) in [7, 11) is 0. The van der Waals surface area contributed by atoms with E-state index in [1.807, 2.05) is 6.07 Å². The number of hydrogen-bond acceptors (Lipinski definition) is 2. The number of carboxylic acid groups (broad SMARTS) is 1. The summed E-state index contributed by atoms with van der Waals surface area (Å²) in [6.07, 6.45) is 0.569. The quantitative estimate of drug-likeness (QED) is 0.889. The van der Waals surface area contributed by atoms with Gasteiger partial charge in [-0.2, -0.15) is 0 Å². The molecule has 0 unspecified atom stereocenters. The van der Waals surface area contributed by atoms with Crippen molar-refractivity contribution in [1.29, 1.82) is 0 Å². The van der Waals surface area contributed by atoms with E-state index in [9.17, 15) is 9.59 Å². The second-order valence-electron chi connectivity index (χ2n) is 4.97. The molecule has 0 spiro atoms. The maximum absolute atomic E-state index is 11.9. The lowest BCUT2D eigenvalue weighted by Gasteiger charge is -2.07. The third kappa shape index (κ3) is 4.09. The van der Waals surface area contributed by atoms with Gasteiger partial charge in [0.05, 0.1) is 5.56 Å². The Balaban J connectivity index is 1.93. The van der Waals surface area contributed by atoms with Crippen LogP contribution >= 0.6 is 11.6 Å². The summed E-state index contributed by atoms with van der Waals surface area (Å²) in [6.45, 7) is 2.19. The molecule has 0 heterocycles. The molecule has 0 saturated heterocycles. The van der Waals surface area contributed by atoms with E-state index in [2.05, 4.69) is 5.32 Å². The molecule has 2 aromatic rings. The first-order valence-corrected chi connectivity index (χ1v) is 7.22. The third-order valence-corrected chi connectivity index (χ3v) is 3.59. The molecule has 0 aliphatic carbocycles. The van der Waals surface area contributed by atoms with Gasteiger partial charge in [0.25, 0.3) is 5.91 Å². The summed E-state index contributed by atoms with van der Waals surface area (Å²) in [5.74, 6) is -1.12. The van der Waals surface area contributed by atoms with Crippen LogP contribution in [0.4, 0.5) is 0 Å². The molecule has 0 radical (unpaired) electrons. The minimum atomic E-state index is -0.940. The van der Waals surface area contributed by atoms with Crippen LogP contribution in [0.5, 0.6) is 0 Å². The lowest BCUT2D eigenvalue weighted by Crippen LogP contribution is -2.25. The van der Waals surface area contributed by atoms with Gasteiger partial charge < -0.3 is 10.4 Å². The standard InChI is InChI=1S/C17H16ClNO3/c1-11-2-3-12(10-15(11)17(21)22)8-9-19-16(20)13-4-6-14(18)7-5-13/h2-7,10H,8-9H2,1H3,(H,19,20)(H,21,22). The van der Waals surface area contributed by atoms with Crippen molar-refractivity contribution in [3.63, 3.8) is 0 Å². The lowest BCUT2D eigenvalue weighted by atomic mass is 10.0. The van der Waals surface area contributed by atoms with Crippen molar-refractivity contribution in [3.8, 4) is 0 Å². The number of aromatic carboxylic acids is 1. The molecular formula is C17H16ClNO3. The van der Waals surface area contributed by atoms with Crippen LogP contribution in [0.2, 0.25) is 5.02 Å². The summed E-state index contributed by atoms with van der Waals surface area (Å²) in [4.78, 5) is 23.0. The van der Waals surface area contributed by atoms with Gasteiger partial charge in [-0.25, -0.2) is 4.79 Å². The monoisotopic (exact) mass is 317 g/mol. The van der Waals surface area contributed by atoms with Crippen molar-refractivity contribution in [1.82, 2.24) is 5.32 Å². The highest BCUT2D eigenvalue weighted by atomic mass is 35.5. The molecule has 2 aromatic carbocycles. The number of aryl methyl sites for hydroxylation is 1. The van der Waals surface area contributed by atoms with E-state index in [4.69, 9.17) is 16.7 Å². The molecular weight excluding hydrogens is 302 g/mol. The highest BCUT2D eigenvalue weighted by Crippen LogP contribution is 2.12. The molecule has 4 nitrogen and oxygen atoms in total. The maximum atomic E-state index is 11.9. The number of carbonyl (C=O) groups is 2. The van der Waals surface area contributed by atoms with Crippen molar-refractivity contribution in [2.75, 3.05) is 6.54 Å². The first-order chi connectivity index (χ1) is 10.5. The first kappa shape index (κ1) is 16.0. The van der Waals surface area contributed by atoms with E-state index in [1.165, 1.54) is 0 Å². The summed E-state index contributed by atoms with van der Waals surface area (Å²) >= 11 is 5.77. The van der Waals surface area contributed by atoms with Crippen LogP contribution in [0, 0.1) is 6.92 Å². The summed E-state index contributed by atoms with van der Waals surface area (Å²) in [5.41, 5.74) is 2.43. The number of hydrogen-bond donors (Lipinski definition) is 2. The lowest BCUT2D eigenvalue weighted by molar-refractivity contribution is 0.0695. The zero-order chi connectivity index (χ0) is 16.1. The Morgan fingerprint density at radius 2 is 1.82 bits per heavy atom. The normalized spacial score (nSPS) is 10.3. The van der Waals surface area contributed by atoms with Crippen LogP contribution in [0.1, 0.15) is 31.8 Å². The first-order valence-electron chi connectivity index (χ1n) is 6.84. The summed E-state index contributed by atoms with van der Waals surface area (Å²) < 4.78 is 0. The number of rotatable bonds is 5. The SMILES string of the molecule is Cc1ccc(CCNC(=O)c2ccc(Cl)cc2)cc1C(=O)O. The average molecular weight is 318 g/mol. The van der Waals surface area contributed by atoms with Crippen LogP contribution in [-0.2, 0) is 6.42 Å². The maximum Gasteiger partial charge on any atom is 0.335 e. The summed E-state index contributed by atoms with van der Waals surface area (Å²) in [6, 6.07) is 11.9. The fourth-order valence-corrected chi connectivity index (χ4v) is 2.20. The second-order valence-corrected chi connectivity index (χ2v) is 5.40. The number of halogens is 1. The number of carboxylic acids is 1. The molecule has 1 amide bonds. The van der Waals surface area contributed by atoms with Gasteiger partial charge in [-0.3, -0.25) is 4.79 Å². The van der Waals surface area contributed by atoms with Crippen LogP contribution in [0.25, 0.3) is 0 Å². The topological polar surface area (TPSA) is 66.4 Å². The molecule has 0 atom stereocenters. The Hall–Kier alpha value is -2.33. The van der Waals surface area contributed by atoms with Crippen molar-refractivity contribution < 1.29 is 14.7 Å². The van der Waals surface area contributed by atoms with E-state index in [-0.39, 0.29) is 5.91 Å². The highest BCUT2D eigenvalue weighted by molar-refractivity contribution is 6.30. The van der Waals surface area contributed by atoms with Gasteiger partial charge in [-0.1, -0.05) is 23.7 Å². The zero-order valence-corrected chi connectivity index (χ0v) is 12.9. The predicted molar refractivity (Wildman–Crippen MR) is 85.6 cm³/mol. The number of amides is 1. The highest BCUT2D eigenvalue weighted by Gasteiger charge is 2.08. The molecule has 114 valence electrons. The van der Waals surface area contributed by atoms with Gasteiger partial charge in [0.1, 0.15) is 0 Å². The van der Waals surface area contributed by atoms with Crippen molar-refractivity contribution >= 4 is 23.5 Å². The van der Waals surface area contributed by atoms with Crippen LogP contribution in [0.15, 0.2) is 42.5 Å². The van der Waals surface area contributed by atoms with E-state index in [0.717, 1.165) is 11.1 Å². The largest absolute Gasteiger partial charge is 0.478 e. The molecule has 2 rings (SSSR count). The molecule has 2 N–H and O–H groups in total. The van der Waals surface area contributed by atoms with Crippen molar-refractivity contribution in [2.45, 2.75) is 13.3 Å². The molecule has 0 aromatic heterocycles. The second kappa shape index (κ2) is 7.09. The molecule has 0 bridgehead atoms. The zero-order valence-electron chi connectivity index (χ0n) is 12.1. The third-order valence-electron chi connectivity index (χ3n) is 3.34. The van der Waals surface area contributed by atoms with E-state index < -0.39 is 5.97 Å². The molecule has 0 saturated carbocycles. The number of nitrogens with one attached hydrogen (secondary N) is 1. The molecule has 5 heteroatoms. The van der Waals surface area contributed by atoms with Gasteiger partial charge >= 0.3 is 5.97 Å². The Bertz CT molecular complexity index is 696. The van der Waals surface area contributed by atoms with Gasteiger partial charge in [0.2, 0.25) is 0 Å². The predicted octanol–water partition coefficient (Wildman–Crippen LogP) is 3.32. The van der Waals surface area contributed by atoms with Crippen LogP contribution < -0.4 is 5.32 Å². The Labute approximate surface area is 133 Å². The molecule has 0 aliphatic heterocycles.